The van der Waals surface area contributed by atoms with Gasteiger partial charge in [-0.15, -0.1) is 0 Å². The molecule has 2 saturated heterocycles. The first-order valence-electron chi connectivity index (χ1n) is 9.15. The zero-order chi connectivity index (χ0) is 16.3. The van der Waals surface area contributed by atoms with Crippen LogP contribution in [0, 0.1) is 17.3 Å². The Morgan fingerprint density at radius 1 is 1.14 bits per heavy atom. The first kappa shape index (κ1) is 17.1. The van der Waals surface area contributed by atoms with E-state index < -0.39 is 7.11 Å². The van der Waals surface area contributed by atoms with Gasteiger partial charge in [0.25, 0.3) is 0 Å². The maximum Gasteiger partial charge on any atom is 0.0909 e. The molecule has 6 atom stereocenters. The molecule has 3 rings (SSSR count). The van der Waals surface area contributed by atoms with Crippen LogP contribution in [0.3, 0.4) is 0 Å². The van der Waals surface area contributed by atoms with E-state index in [0.29, 0.717) is 17.0 Å². The van der Waals surface area contributed by atoms with Gasteiger partial charge in [-0.3, -0.25) is 0 Å². The molecule has 0 aromatic carbocycles. The number of fused-ring (bicyclic) bond motifs is 1. The summed E-state index contributed by atoms with van der Waals surface area (Å²) in [5.41, 5.74) is 1.12. The van der Waals surface area contributed by atoms with Gasteiger partial charge in [0.2, 0.25) is 0 Å². The molecule has 22 heavy (non-hydrogen) atoms. The summed E-state index contributed by atoms with van der Waals surface area (Å²) in [4.78, 5) is 0. The lowest BCUT2D eigenvalue weighted by Gasteiger charge is -2.48. The van der Waals surface area contributed by atoms with Gasteiger partial charge in [-0.25, -0.2) is 0 Å². The third kappa shape index (κ3) is 2.85. The van der Waals surface area contributed by atoms with E-state index in [4.69, 9.17) is 9.26 Å². The normalized spacial score (nSPS) is 50.0. The van der Waals surface area contributed by atoms with Gasteiger partial charge in [0.1, 0.15) is 0 Å². The van der Waals surface area contributed by atoms with Gasteiger partial charge in [0.15, 0.2) is 0 Å². The van der Waals surface area contributed by atoms with Gasteiger partial charge in [0.05, 0.1) is 17.8 Å². The number of hydrogen-bond acceptors (Lipinski definition) is 2. The van der Waals surface area contributed by atoms with E-state index in [9.17, 15) is 0 Å². The van der Waals surface area contributed by atoms with Gasteiger partial charge >= 0.3 is 0 Å². The molecule has 1 aliphatic carbocycles. The van der Waals surface area contributed by atoms with Gasteiger partial charge in [-0.2, -0.15) is 0 Å². The molecule has 0 N–H and O–H groups in total. The molecule has 0 aromatic heterocycles. The maximum absolute atomic E-state index is 6.79. The first-order valence-corrected chi connectivity index (χ1v) is 11.3. The van der Waals surface area contributed by atoms with Crippen LogP contribution in [0.4, 0.5) is 0 Å². The zero-order valence-electron chi connectivity index (χ0n) is 15.4. The second-order valence-electron chi connectivity index (χ2n) is 9.43. The van der Waals surface area contributed by atoms with Crippen molar-refractivity contribution in [1.82, 2.24) is 0 Å². The van der Waals surface area contributed by atoms with Gasteiger partial charge in [-0.1, -0.05) is 34.0 Å². The fraction of sp³-hybridized carbons (Fsp3) is 0.947. The highest BCUT2D eigenvalue weighted by molar-refractivity contribution is 7.69. The van der Waals surface area contributed by atoms with Crippen LogP contribution in [0.1, 0.15) is 67.2 Å². The van der Waals surface area contributed by atoms with E-state index >= 15 is 0 Å². The number of hydrogen-bond donors (Lipinski definition) is 0. The topological polar surface area (TPSA) is 18.5 Å². The average Bonchev–Trinajstić information content (AvgIpc) is 2.93. The largest absolute Gasteiger partial charge is 0.370 e. The molecule has 2 nitrogen and oxygen atoms in total. The molecular formula is C19H35O2P. The predicted octanol–water partition coefficient (Wildman–Crippen LogP) is 5.17. The molecule has 0 amide bonds. The second kappa shape index (κ2) is 5.36. The van der Waals surface area contributed by atoms with Crippen LogP contribution in [-0.2, 0) is 9.26 Å². The second-order valence-corrected chi connectivity index (χ2v) is 13.0. The van der Waals surface area contributed by atoms with Crippen LogP contribution in [0.5, 0.6) is 0 Å². The highest BCUT2D eigenvalue weighted by Crippen LogP contribution is 2.66. The summed E-state index contributed by atoms with van der Waals surface area (Å²) in [6.45, 7) is 14.0. The van der Waals surface area contributed by atoms with Crippen LogP contribution in [0.25, 0.3) is 0 Å². The number of rotatable bonds is 2. The lowest BCUT2D eigenvalue weighted by atomic mass is 9.85. The van der Waals surface area contributed by atoms with E-state index in [1.807, 2.05) is 0 Å². The Balaban J connectivity index is 1.90. The van der Waals surface area contributed by atoms with Crippen molar-refractivity contribution < 1.29 is 9.26 Å². The molecule has 3 aliphatic rings. The van der Waals surface area contributed by atoms with Crippen molar-refractivity contribution in [2.24, 2.45) is 17.3 Å². The van der Waals surface area contributed by atoms with Crippen molar-refractivity contribution in [1.29, 1.82) is 0 Å². The van der Waals surface area contributed by atoms with E-state index in [1.165, 1.54) is 12.8 Å². The summed E-state index contributed by atoms with van der Waals surface area (Å²) >= 11 is 0. The highest BCUT2D eigenvalue weighted by atomic mass is 31.2. The molecule has 3 heteroatoms. The van der Waals surface area contributed by atoms with Gasteiger partial charge in [0, 0.05) is 12.8 Å². The van der Waals surface area contributed by atoms with Crippen LogP contribution < -0.4 is 0 Å². The van der Waals surface area contributed by atoms with E-state index in [-0.39, 0.29) is 17.8 Å². The van der Waals surface area contributed by atoms with E-state index in [1.54, 1.807) is 0 Å². The Morgan fingerprint density at radius 2 is 1.77 bits per heavy atom. The highest BCUT2D eigenvalue weighted by Gasteiger charge is 2.55. The predicted molar refractivity (Wildman–Crippen MR) is 97.1 cm³/mol. The molecule has 0 spiro atoms. The lowest BCUT2D eigenvalue weighted by molar-refractivity contribution is -0.0873. The molecule has 2 heterocycles. The van der Waals surface area contributed by atoms with Crippen LogP contribution >= 0.6 is 7.11 Å². The minimum absolute atomic E-state index is 0.0230. The van der Waals surface area contributed by atoms with Gasteiger partial charge in [-0.05, 0) is 62.9 Å². The summed E-state index contributed by atoms with van der Waals surface area (Å²) in [6.07, 6.45) is 11.2. The molecule has 0 bridgehead atoms. The Hall–Kier alpha value is 0.220. The van der Waals surface area contributed by atoms with Crippen molar-refractivity contribution in [3.05, 3.63) is 0 Å². The van der Waals surface area contributed by atoms with Crippen molar-refractivity contribution in [3.63, 3.8) is 0 Å². The fourth-order valence-electron chi connectivity index (χ4n) is 5.27. The Bertz CT molecular complexity index is 482. The lowest BCUT2D eigenvalue weighted by Crippen LogP contribution is -2.45. The Kier molecular flexibility index (Phi) is 4.16. The van der Waals surface area contributed by atoms with Crippen LogP contribution in [-0.4, -0.2) is 35.9 Å². The summed E-state index contributed by atoms with van der Waals surface area (Å²) in [7, 11) is -1.54. The Labute approximate surface area is 137 Å². The van der Waals surface area contributed by atoms with E-state index in [0.717, 1.165) is 24.9 Å². The number of ether oxygens (including phenoxy) is 1. The van der Waals surface area contributed by atoms with Crippen molar-refractivity contribution >= 4 is 13.4 Å². The van der Waals surface area contributed by atoms with Gasteiger partial charge < -0.3 is 9.26 Å². The van der Waals surface area contributed by atoms with Crippen molar-refractivity contribution in [2.45, 2.75) is 90.7 Å². The molecular weight excluding hydrogens is 291 g/mol. The summed E-state index contributed by atoms with van der Waals surface area (Å²) in [6, 6.07) is 0. The summed E-state index contributed by atoms with van der Waals surface area (Å²) in [5, 5.41) is 0. The maximum atomic E-state index is 6.79. The minimum Gasteiger partial charge on any atom is -0.370 e. The van der Waals surface area contributed by atoms with E-state index in [2.05, 4.69) is 47.8 Å². The SMILES string of the molecule is C=P1(CC)OC(C2CCC(C)(C)O2)C2CC(C)(C)CC2C1C. The molecule has 6 unspecified atom stereocenters. The fourth-order valence-corrected chi connectivity index (χ4v) is 7.99. The third-order valence-electron chi connectivity index (χ3n) is 6.65. The van der Waals surface area contributed by atoms with Crippen molar-refractivity contribution in [2.75, 3.05) is 6.16 Å². The molecule has 3 fully saturated rings. The molecule has 0 radical (unpaired) electrons. The monoisotopic (exact) mass is 326 g/mol. The Morgan fingerprint density at radius 3 is 2.32 bits per heavy atom. The molecule has 2 aliphatic heterocycles. The molecule has 128 valence electrons. The average molecular weight is 326 g/mol. The quantitative estimate of drug-likeness (QED) is 0.652. The smallest absolute Gasteiger partial charge is 0.0909 e. The summed E-state index contributed by atoms with van der Waals surface area (Å²) in [5.74, 6) is 1.46. The standard InChI is InChI=1S/C19H35O2P/c1-8-22(7)13(2)14-11-18(3,4)12-15(14)17(21-22)16-9-10-19(5,6)20-16/h13-17H,7-12H2,1-6H3. The molecule has 1 saturated carbocycles. The van der Waals surface area contributed by atoms with Crippen molar-refractivity contribution in [3.8, 4) is 0 Å². The molecule has 0 aromatic rings. The first-order chi connectivity index (χ1) is 10.1. The third-order valence-corrected chi connectivity index (χ3v) is 10.2. The zero-order valence-corrected chi connectivity index (χ0v) is 16.3. The minimum atomic E-state index is -1.54. The van der Waals surface area contributed by atoms with Crippen LogP contribution in [0.15, 0.2) is 0 Å². The van der Waals surface area contributed by atoms with Crippen LogP contribution in [0.2, 0.25) is 0 Å². The summed E-state index contributed by atoms with van der Waals surface area (Å²) < 4.78 is 13.2.